The van der Waals surface area contributed by atoms with Gasteiger partial charge in [0.15, 0.2) is 0 Å². The molecule has 1 aliphatic carbocycles. The number of nitrogens with two attached hydrogens (primary N) is 1. The van der Waals surface area contributed by atoms with E-state index < -0.39 is 0 Å². The summed E-state index contributed by atoms with van der Waals surface area (Å²) >= 11 is 2.00. The molecule has 1 heterocycles. The number of rotatable bonds is 3. The van der Waals surface area contributed by atoms with Crippen molar-refractivity contribution in [3.05, 3.63) is 0 Å². The van der Waals surface area contributed by atoms with Crippen LogP contribution >= 0.6 is 11.8 Å². The van der Waals surface area contributed by atoms with Crippen LogP contribution in [-0.2, 0) is 4.79 Å². The summed E-state index contributed by atoms with van der Waals surface area (Å²) < 4.78 is 0. The Bertz CT molecular complexity index is 241. The molecule has 0 radical (unpaired) electrons. The van der Waals surface area contributed by atoms with Crippen LogP contribution in [0.4, 0.5) is 0 Å². The van der Waals surface area contributed by atoms with Crippen LogP contribution in [0.3, 0.4) is 0 Å². The van der Waals surface area contributed by atoms with Crippen LogP contribution in [0, 0.1) is 11.8 Å². The lowest BCUT2D eigenvalue weighted by molar-refractivity contribution is -0.126. The number of carbonyl (C=O) groups is 1. The molecule has 0 bridgehead atoms. The highest BCUT2D eigenvalue weighted by molar-refractivity contribution is 7.99. The minimum absolute atomic E-state index is 0.179. The summed E-state index contributed by atoms with van der Waals surface area (Å²) in [5, 5.41) is 3.11. The molecule has 0 aromatic heterocycles. The van der Waals surface area contributed by atoms with E-state index in [1.807, 2.05) is 11.8 Å². The Hall–Kier alpha value is -0.220. The molecule has 3 atom stereocenters. The van der Waals surface area contributed by atoms with Crippen LogP contribution in [-0.4, -0.2) is 30.0 Å². The predicted octanol–water partition coefficient (Wildman–Crippen LogP) is 1.37. The van der Waals surface area contributed by atoms with Gasteiger partial charge in [0.2, 0.25) is 5.91 Å². The van der Waals surface area contributed by atoms with E-state index in [-0.39, 0.29) is 17.9 Å². The maximum absolute atomic E-state index is 11.9. The first-order valence-electron chi connectivity index (χ1n) is 6.36. The first kappa shape index (κ1) is 12.2. The molecule has 3 unspecified atom stereocenters. The summed E-state index contributed by atoms with van der Waals surface area (Å²) in [6, 6.07) is 0.242. The molecular formula is C12H22N2OS. The smallest absolute Gasteiger partial charge is 0.223 e. The van der Waals surface area contributed by atoms with Gasteiger partial charge in [0.1, 0.15) is 0 Å². The van der Waals surface area contributed by atoms with Crippen LogP contribution in [0.25, 0.3) is 0 Å². The van der Waals surface area contributed by atoms with Crippen LogP contribution in [0.5, 0.6) is 0 Å². The van der Waals surface area contributed by atoms with Crippen molar-refractivity contribution in [3.63, 3.8) is 0 Å². The second-order valence-electron chi connectivity index (χ2n) is 5.10. The molecule has 1 aliphatic heterocycles. The van der Waals surface area contributed by atoms with Gasteiger partial charge in [0.05, 0.1) is 0 Å². The van der Waals surface area contributed by atoms with Gasteiger partial charge in [-0.2, -0.15) is 11.8 Å². The van der Waals surface area contributed by atoms with Crippen LogP contribution in [0.1, 0.15) is 32.1 Å². The summed E-state index contributed by atoms with van der Waals surface area (Å²) in [6.07, 6.45) is 5.36. The first-order chi connectivity index (χ1) is 7.75. The van der Waals surface area contributed by atoms with Crippen molar-refractivity contribution in [2.24, 2.45) is 17.6 Å². The summed E-state index contributed by atoms with van der Waals surface area (Å²) in [6.45, 7) is 0.873. The number of amides is 1. The molecule has 0 aromatic rings. The summed E-state index contributed by atoms with van der Waals surface area (Å²) in [4.78, 5) is 11.9. The second kappa shape index (κ2) is 5.92. The van der Waals surface area contributed by atoms with Crippen molar-refractivity contribution in [1.29, 1.82) is 0 Å². The van der Waals surface area contributed by atoms with Gasteiger partial charge >= 0.3 is 0 Å². The molecule has 0 aromatic carbocycles. The minimum Gasteiger partial charge on any atom is -0.356 e. The van der Waals surface area contributed by atoms with E-state index >= 15 is 0 Å². The largest absolute Gasteiger partial charge is 0.356 e. The highest BCUT2D eigenvalue weighted by atomic mass is 32.2. The SMILES string of the molecule is NC1CCCC(C(=O)NCC2CCSC2)C1. The van der Waals surface area contributed by atoms with Gasteiger partial charge in [-0.3, -0.25) is 4.79 Å². The lowest BCUT2D eigenvalue weighted by atomic mass is 9.85. The molecule has 92 valence electrons. The maximum Gasteiger partial charge on any atom is 0.223 e. The molecule has 16 heavy (non-hydrogen) atoms. The van der Waals surface area contributed by atoms with Gasteiger partial charge in [0.25, 0.3) is 0 Å². The molecule has 2 rings (SSSR count). The van der Waals surface area contributed by atoms with Gasteiger partial charge in [-0.15, -0.1) is 0 Å². The molecule has 2 aliphatic rings. The third-order valence-electron chi connectivity index (χ3n) is 3.67. The topological polar surface area (TPSA) is 55.1 Å². The molecule has 1 saturated heterocycles. The zero-order valence-corrected chi connectivity index (χ0v) is 10.6. The fourth-order valence-electron chi connectivity index (χ4n) is 2.60. The van der Waals surface area contributed by atoms with Crippen LogP contribution in [0.2, 0.25) is 0 Å². The zero-order valence-electron chi connectivity index (χ0n) is 9.78. The number of hydrogen-bond donors (Lipinski definition) is 2. The molecule has 1 saturated carbocycles. The van der Waals surface area contributed by atoms with Crippen molar-refractivity contribution in [3.8, 4) is 0 Å². The molecule has 1 amide bonds. The summed E-state index contributed by atoms with van der Waals surface area (Å²) in [7, 11) is 0. The third kappa shape index (κ3) is 3.39. The fraction of sp³-hybridized carbons (Fsp3) is 0.917. The number of carbonyl (C=O) groups excluding carboxylic acids is 1. The van der Waals surface area contributed by atoms with E-state index in [2.05, 4.69) is 5.32 Å². The van der Waals surface area contributed by atoms with E-state index in [1.54, 1.807) is 0 Å². The zero-order chi connectivity index (χ0) is 11.4. The van der Waals surface area contributed by atoms with Crippen molar-refractivity contribution in [2.75, 3.05) is 18.1 Å². The van der Waals surface area contributed by atoms with Crippen molar-refractivity contribution in [2.45, 2.75) is 38.1 Å². The van der Waals surface area contributed by atoms with Gasteiger partial charge < -0.3 is 11.1 Å². The number of hydrogen-bond acceptors (Lipinski definition) is 3. The second-order valence-corrected chi connectivity index (χ2v) is 6.25. The Morgan fingerprint density at radius 1 is 1.38 bits per heavy atom. The molecular weight excluding hydrogens is 220 g/mol. The highest BCUT2D eigenvalue weighted by Gasteiger charge is 2.26. The average molecular weight is 242 g/mol. The predicted molar refractivity (Wildman–Crippen MR) is 68.4 cm³/mol. The Morgan fingerprint density at radius 2 is 2.25 bits per heavy atom. The van der Waals surface area contributed by atoms with Crippen LogP contribution < -0.4 is 11.1 Å². The average Bonchev–Trinajstić information content (AvgIpc) is 2.78. The van der Waals surface area contributed by atoms with E-state index in [1.165, 1.54) is 17.9 Å². The molecule has 3 N–H and O–H groups in total. The molecule has 4 heteroatoms. The number of thioether (sulfide) groups is 1. The quantitative estimate of drug-likeness (QED) is 0.786. The van der Waals surface area contributed by atoms with E-state index in [0.717, 1.165) is 32.2 Å². The number of nitrogens with one attached hydrogen (secondary N) is 1. The monoisotopic (exact) mass is 242 g/mol. The van der Waals surface area contributed by atoms with E-state index in [4.69, 9.17) is 5.73 Å². The Labute approximate surface area is 102 Å². The van der Waals surface area contributed by atoms with Gasteiger partial charge in [-0.1, -0.05) is 6.42 Å². The third-order valence-corrected chi connectivity index (χ3v) is 4.91. The van der Waals surface area contributed by atoms with Crippen molar-refractivity contribution >= 4 is 17.7 Å². The molecule has 3 nitrogen and oxygen atoms in total. The summed E-state index contributed by atoms with van der Waals surface area (Å²) in [5.41, 5.74) is 5.90. The first-order valence-corrected chi connectivity index (χ1v) is 7.52. The van der Waals surface area contributed by atoms with Crippen molar-refractivity contribution in [1.82, 2.24) is 5.32 Å². The van der Waals surface area contributed by atoms with E-state index in [0.29, 0.717) is 5.92 Å². The highest BCUT2D eigenvalue weighted by Crippen LogP contribution is 2.25. The van der Waals surface area contributed by atoms with Crippen LogP contribution in [0.15, 0.2) is 0 Å². The Balaban J connectivity index is 1.70. The Kier molecular flexibility index (Phi) is 4.53. The van der Waals surface area contributed by atoms with Gasteiger partial charge in [-0.05, 0) is 43.1 Å². The lowest BCUT2D eigenvalue weighted by Gasteiger charge is -2.26. The molecule has 2 fully saturated rings. The Morgan fingerprint density at radius 3 is 2.94 bits per heavy atom. The van der Waals surface area contributed by atoms with Gasteiger partial charge in [-0.25, -0.2) is 0 Å². The minimum atomic E-state index is 0.179. The van der Waals surface area contributed by atoms with Gasteiger partial charge in [0, 0.05) is 18.5 Å². The standard InChI is InChI=1S/C12H22N2OS/c13-11-3-1-2-10(6-11)12(15)14-7-9-4-5-16-8-9/h9-11H,1-8,13H2,(H,14,15). The lowest BCUT2D eigenvalue weighted by Crippen LogP contribution is -2.39. The fourth-order valence-corrected chi connectivity index (χ4v) is 3.88. The maximum atomic E-state index is 11.9. The normalized spacial score (nSPS) is 34.9. The molecule has 0 spiro atoms. The van der Waals surface area contributed by atoms with Crippen molar-refractivity contribution < 1.29 is 4.79 Å². The summed E-state index contributed by atoms with van der Waals surface area (Å²) in [5.74, 6) is 3.59. The van der Waals surface area contributed by atoms with E-state index in [9.17, 15) is 4.79 Å².